The molecule has 0 bridgehead atoms. The van der Waals surface area contributed by atoms with E-state index < -0.39 is 0 Å². The fourth-order valence-electron chi connectivity index (χ4n) is 1.44. The number of nitrogens with one attached hydrogen (secondary N) is 1. The third kappa shape index (κ3) is 3.80. The number of ether oxygens (including phenoxy) is 1. The van der Waals surface area contributed by atoms with Gasteiger partial charge in [-0.05, 0) is 31.9 Å². The largest absolute Gasteiger partial charge is 0.463 e. The maximum Gasteiger partial charge on any atom is 0.322 e. The van der Waals surface area contributed by atoms with Crippen LogP contribution in [-0.2, 0) is 6.54 Å². The number of halogens is 1. The second kappa shape index (κ2) is 6.51. The summed E-state index contributed by atoms with van der Waals surface area (Å²) < 4.78 is 10.8. The van der Waals surface area contributed by atoms with Gasteiger partial charge in [0.25, 0.3) is 0 Å². The zero-order valence-corrected chi connectivity index (χ0v) is 12.4. The summed E-state index contributed by atoms with van der Waals surface area (Å²) in [5.74, 6) is 1.68. The van der Waals surface area contributed by atoms with Gasteiger partial charge in [0.05, 0.1) is 18.8 Å². The van der Waals surface area contributed by atoms with Crippen molar-refractivity contribution in [3.8, 4) is 6.01 Å². The molecule has 0 spiro atoms. The van der Waals surface area contributed by atoms with Gasteiger partial charge in [-0.25, -0.2) is 4.98 Å². The fourth-order valence-corrected chi connectivity index (χ4v) is 1.59. The molecule has 0 radical (unpaired) electrons. The molecule has 0 saturated heterocycles. The lowest BCUT2D eigenvalue weighted by molar-refractivity contribution is 0.291. The van der Waals surface area contributed by atoms with Gasteiger partial charge in [-0.2, -0.15) is 15.0 Å². The van der Waals surface area contributed by atoms with Crippen LogP contribution in [0.1, 0.15) is 30.7 Å². The Kier molecular flexibility index (Phi) is 4.73. The maximum absolute atomic E-state index is 5.82. The Morgan fingerprint density at radius 1 is 1.20 bits per heavy atom. The van der Waals surface area contributed by atoms with Crippen LogP contribution in [0.2, 0.25) is 5.28 Å². The standard InChI is InChI=1S/C12H16ClN5O2/c1-4-5-19-12-17-10(13)16-11(18-12)14-6-9-15-7(2)8(3)20-9/h4-6H2,1-3H3,(H,14,16,17,18). The van der Waals surface area contributed by atoms with E-state index in [-0.39, 0.29) is 11.3 Å². The molecule has 1 N–H and O–H groups in total. The highest BCUT2D eigenvalue weighted by Gasteiger charge is 2.09. The van der Waals surface area contributed by atoms with E-state index in [1.54, 1.807) is 0 Å². The third-order valence-corrected chi connectivity index (χ3v) is 2.66. The highest BCUT2D eigenvalue weighted by molar-refractivity contribution is 6.28. The van der Waals surface area contributed by atoms with Crippen molar-refractivity contribution in [1.29, 1.82) is 0 Å². The first-order chi connectivity index (χ1) is 9.58. The second-order valence-electron chi connectivity index (χ2n) is 4.16. The van der Waals surface area contributed by atoms with Crippen molar-refractivity contribution in [2.75, 3.05) is 11.9 Å². The minimum Gasteiger partial charge on any atom is -0.463 e. The molecule has 2 aromatic rings. The number of hydrogen-bond donors (Lipinski definition) is 1. The van der Waals surface area contributed by atoms with Gasteiger partial charge in [0, 0.05) is 0 Å². The van der Waals surface area contributed by atoms with Gasteiger partial charge in [0.15, 0.2) is 0 Å². The Bertz CT molecular complexity index is 568. The molecule has 108 valence electrons. The molecule has 0 aromatic carbocycles. The van der Waals surface area contributed by atoms with Gasteiger partial charge < -0.3 is 14.5 Å². The first kappa shape index (κ1) is 14.5. The molecule has 2 aromatic heterocycles. The van der Waals surface area contributed by atoms with E-state index in [1.807, 2.05) is 20.8 Å². The van der Waals surface area contributed by atoms with Crippen molar-refractivity contribution in [2.45, 2.75) is 33.7 Å². The number of aromatic nitrogens is 4. The average molecular weight is 298 g/mol. The molecule has 2 rings (SSSR count). The minimum atomic E-state index is 0.0772. The van der Waals surface area contributed by atoms with E-state index in [0.29, 0.717) is 25.0 Å². The van der Waals surface area contributed by atoms with Crippen molar-refractivity contribution < 1.29 is 9.15 Å². The van der Waals surface area contributed by atoms with E-state index >= 15 is 0 Å². The van der Waals surface area contributed by atoms with Crippen LogP contribution in [0.15, 0.2) is 4.42 Å². The summed E-state index contributed by atoms with van der Waals surface area (Å²) >= 11 is 5.82. The first-order valence-corrected chi connectivity index (χ1v) is 6.67. The lowest BCUT2D eigenvalue weighted by atomic mass is 10.4. The van der Waals surface area contributed by atoms with Crippen LogP contribution >= 0.6 is 11.6 Å². The van der Waals surface area contributed by atoms with Crippen LogP contribution < -0.4 is 10.1 Å². The predicted molar refractivity (Wildman–Crippen MR) is 73.9 cm³/mol. The molecule has 0 aliphatic heterocycles. The zero-order valence-electron chi connectivity index (χ0n) is 11.6. The number of rotatable bonds is 6. The highest BCUT2D eigenvalue weighted by Crippen LogP contribution is 2.13. The van der Waals surface area contributed by atoms with E-state index in [1.165, 1.54) is 0 Å². The zero-order chi connectivity index (χ0) is 14.5. The molecule has 0 aliphatic rings. The lowest BCUT2D eigenvalue weighted by Gasteiger charge is -2.05. The van der Waals surface area contributed by atoms with Gasteiger partial charge >= 0.3 is 6.01 Å². The molecule has 0 fully saturated rings. The van der Waals surface area contributed by atoms with Gasteiger partial charge in [-0.3, -0.25) is 0 Å². The SMILES string of the molecule is CCCOc1nc(Cl)nc(NCc2nc(C)c(C)o2)n1. The van der Waals surface area contributed by atoms with Gasteiger partial charge in [0.2, 0.25) is 17.1 Å². The monoisotopic (exact) mass is 297 g/mol. The highest BCUT2D eigenvalue weighted by atomic mass is 35.5. The number of aryl methyl sites for hydroxylation is 2. The maximum atomic E-state index is 5.82. The third-order valence-electron chi connectivity index (χ3n) is 2.49. The van der Waals surface area contributed by atoms with Crippen LogP contribution in [0.4, 0.5) is 5.95 Å². The molecule has 0 atom stereocenters. The van der Waals surface area contributed by atoms with Crippen LogP contribution in [0.5, 0.6) is 6.01 Å². The quantitative estimate of drug-likeness (QED) is 0.876. The van der Waals surface area contributed by atoms with Crippen LogP contribution in [0.25, 0.3) is 0 Å². The van der Waals surface area contributed by atoms with E-state index in [2.05, 4.69) is 25.3 Å². The Hall–Kier alpha value is -1.89. The number of nitrogens with zero attached hydrogens (tertiary/aromatic N) is 4. The molecule has 0 saturated carbocycles. The summed E-state index contributed by atoms with van der Waals surface area (Å²) in [5.41, 5.74) is 0.863. The molecular formula is C12H16ClN5O2. The van der Waals surface area contributed by atoms with E-state index in [9.17, 15) is 0 Å². The first-order valence-electron chi connectivity index (χ1n) is 6.29. The van der Waals surface area contributed by atoms with Crippen LogP contribution in [0, 0.1) is 13.8 Å². The topological polar surface area (TPSA) is 86.0 Å². The lowest BCUT2D eigenvalue weighted by Crippen LogP contribution is -2.07. The summed E-state index contributed by atoms with van der Waals surface area (Å²) in [6.07, 6.45) is 0.862. The van der Waals surface area contributed by atoms with Gasteiger partial charge in [0.1, 0.15) is 5.76 Å². The van der Waals surface area contributed by atoms with Crippen molar-refractivity contribution in [1.82, 2.24) is 19.9 Å². The smallest absolute Gasteiger partial charge is 0.322 e. The van der Waals surface area contributed by atoms with Crippen LogP contribution in [0.3, 0.4) is 0 Å². The van der Waals surface area contributed by atoms with Crippen molar-refractivity contribution in [3.05, 3.63) is 22.6 Å². The predicted octanol–water partition coefficient (Wildman–Crippen LogP) is 2.53. The normalized spacial score (nSPS) is 10.6. The number of anilines is 1. The molecular weight excluding hydrogens is 282 g/mol. The Labute approximate surface area is 121 Å². The van der Waals surface area contributed by atoms with Gasteiger partial charge in [-0.15, -0.1) is 0 Å². The summed E-state index contributed by atoms with van der Waals surface area (Å²) in [5, 5.41) is 3.05. The second-order valence-corrected chi connectivity index (χ2v) is 4.50. The Morgan fingerprint density at radius 3 is 2.65 bits per heavy atom. The molecule has 0 amide bonds. The minimum absolute atomic E-state index is 0.0772. The average Bonchev–Trinajstić information content (AvgIpc) is 2.73. The molecule has 8 heteroatoms. The fraction of sp³-hybridized carbons (Fsp3) is 0.500. The molecule has 2 heterocycles. The summed E-state index contributed by atoms with van der Waals surface area (Å²) in [4.78, 5) is 16.2. The van der Waals surface area contributed by atoms with Crippen molar-refractivity contribution in [3.63, 3.8) is 0 Å². The number of oxazole rings is 1. The van der Waals surface area contributed by atoms with E-state index in [0.717, 1.165) is 17.9 Å². The van der Waals surface area contributed by atoms with Gasteiger partial charge in [-0.1, -0.05) is 6.92 Å². The summed E-state index contributed by atoms with van der Waals surface area (Å²) in [7, 11) is 0. The Balaban J connectivity index is 2.03. The molecule has 7 nitrogen and oxygen atoms in total. The molecule has 20 heavy (non-hydrogen) atoms. The molecule has 0 unspecified atom stereocenters. The Morgan fingerprint density at radius 2 is 2.00 bits per heavy atom. The van der Waals surface area contributed by atoms with E-state index in [4.69, 9.17) is 20.8 Å². The van der Waals surface area contributed by atoms with Crippen LogP contribution in [-0.4, -0.2) is 26.5 Å². The molecule has 0 aliphatic carbocycles. The summed E-state index contributed by atoms with van der Waals surface area (Å²) in [6.45, 7) is 6.64. The number of hydrogen-bond acceptors (Lipinski definition) is 7. The van der Waals surface area contributed by atoms with Crippen molar-refractivity contribution >= 4 is 17.5 Å². The van der Waals surface area contributed by atoms with Crippen molar-refractivity contribution in [2.24, 2.45) is 0 Å². The summed E-state index contributed by atoms with van der Waals surface area (Å²) in [6, 6.07) is 0.203.